The molecule has 8 heteroatoms. The van der Waals surface area contributed by atoms with Crippen LogP contribution in [-0.4, -0.2) is 41.2 Å². The van der Waals surface area contributed by atoms with Crippen molar-refractivity contribution in [3.8, 4) is 0 Å². The van der Waals surface area contributed by atoms with Gasteiger partial charge in [-0.1, -0.05) is 0 Å². The van der Waals surface area contributed by atoms with Crippen LogP contribution in [0, 0.1) is 13.8 Å². The van der Waals surface area contributed by atoms with Crippen LogP contribution in [0.1, 0.15) is 27.8 Å². The van der Waals surface area contributed by atoms with E-state index in [9.17, 15) is 0 Å². The van der Waals surface area contributed by atoms with Gasteiger partial charge in [0.25, 0.3) is 0 Å². The molecule has 0 N–H and O–H groups in total. The first-order valence-electron chi connectivity index (χ1n) is 10.5. The molecule has 5 rings (SSSR count). The minimum absolute atomic E-state index is 0.602. The van der Waals surface area contributed by atoms with E-state index in [4.69, 9.17) is 23.5 Å². The summed E-state index contributed by atoms with van der Waals surface area (Å²) >= 11 is 1.73. The number of morpholine rings is 1. The average Bonchev–Trinajstić information content (AvgIpc) is 3.52. The molecule has 0 aliphatic carbocycles. The van der Waals surface area contributed by atoms with Crippen molar-refractivity contribution in [2.45, 2.75) is 33.5 Å². The predicted molar refractivity (Wildman–Crippen MR) is 120 cm³/mol. The number of hydrogen-bond acceptors (Lipinski definition) is 8. The molecule has 1 aliphatic heterocycles. The first-order valence-corrected chi connectivity index (χ1v) is 11.4. The second kappa shape index (κ2) is 8.82. The van der Waals surface area contributed by atoms with E-state index < -0.39 is 0 Å². The molecule has 1 aliphatic rings. The van der Waals surface area contributed by atoms with Crippen molar-refractivity contribution in [2.24, 2.45) is 0 Å². The molecule has 1 saturated heterocycles. The van der Waals surface area contributed by atoms with E-state index in [0.29, 0.717) is 13.1 Å². The lowest BCUT2D eigenvalue weighted by Crippen LogP contribution is -2.36. The van der Waals surface area contributed by atoms with Gasteiger partial charge in [0.15, 0.2) is 0 Å². The van der Waals surface area contributed by atoms with Gasteiger partial charge in [0.05, 0.1) is 50.8 Å². The Morgan fingerprint density at radius 1 is 1.00 bits per heavy atom. The number of hydrogen-bond donors (Lipinski definition) is 0. The molecule has 0 amide bonds. The van der Waals surface area contributed by atoms with Gasteiger partial charge in [0.1, 0.15) is 28.0 Å². The minimum atomic E-state index is 0.602. The van der Waals surface area contributed by atoms with Gasteiger partial charge in [-0.2, -0.15) is 0 Å². The molecule has 31 heavy (non-hydrogen) atoms. The molecule has 4 aromatic rings. The standard InChI is InChI=1S/C23H26N4O3S/c1-16-17(2)31-23-21(16)22(24-20(25-23)15-26-7-11-28-12-8-26)27(13-18-5-3-9-29-18)14-19-6-4-10-30-19/h3-6,9-10H,7-8,11-15H2,1-2H3. The van der Waals surface area contributed by atoms with E-state index in [0.717, 1.165) is 66.2 Å². The first kappa shape index (κ1) is 20.2. The Bertz CT molecular complexity index is 1100. The maximum Gasteiger partial charge on any atom is 0.146 e. The van der Waals surface area contributed by atoms with E-state index in [1.54, 1.807) is 23.9 Å². The summed E-state index contributed by atoms with van der Waals surface area (Å²) in [4.78, 5) is 16.9. The monoisotopic (exact) mass is 438 g/mol. The molecule has 0 spiro atoms. The van der Waals surface area contributed by atoms with Gasteiger partial charge < -0.3 is 18.5 Å². The van der Waals surface area contributed by atoms with Gasteiger partial charge in [-0.15, -0.1) is 11.3 Å². The lowest BCUT2D eigenvalue weighted by Gasteiger charge is -2.27. The van der Waals surface area contributed by atoms with Crippen LogP contribution in [0.15, 0.2) is 45.6 Å². The highest BCUT2D eigenvalue weighted by Gasteiger charge is 2.22. The summed E-state index contributed by atoms with van der Waals surface area (Å²) in [5.41, 5.74) is 1.23. The van der Waals surface area contributed by atoms with Crippen LogP contribution in [-0.2, 0) is 24.4 Å². The molecule has 5 heterocycles. The Hall–Kier alpha value is -2.68. The minimum Gasteiger partial charge on any atom is -0.467 e. The third kappa shape index (κ3) is 4.37. The lowest BCUT2D eigenvalue weighted by atomic mass is 10.2. The normalized spacial score (nSPS) is 15.0. The SMILES string of the molecule is Cc1sc2nc(CN3CCOCC3)nc(N(Cc3ccco3)Cc3ccco3)c2c1C. The Kier molecular flexibility index (Phi) is 5.76. The van der Waals surface area contributed by atoms with Crippen molar-refractivity contribution in [2.75, 3.05) is 31.2 Å². The maximum absolute atomic E-state index is 5.67. The molecule has 0 atom stereocenters. The largest absolute Gasteiger partial charge is 0.467 e. The summed E-state index contributed by atoms with van der Waals surface area (Å²) in [7, 11) is 0. The van der Waals surface area contributed by atoms with Crippen LogP contribution in [0.3, 0.4) is 0 Å². The number of aryl methyl sites for hydroxylation is 2. The highest BCUT2D eigenvalue weighted by molar-refractivity contribution is 7.18. The number of fused-ring (bicyclic) bond motifs is 1. The first-order chi connectivity index (χ1) is 15.2. The van der Waals surface area contributed by atoms with Crippen LogP contribution in [0.2, 0.25) is 0 Å². The zero-order chi connectivity index (χ0) is 21.2. The molecule has 162 valence electrons. The van der Waals surface area contributed by atoms with Crippen molar-refractivity contribution >= 4 is 27.4 Å². The fourth-order valence-corrected chi connectivity index (χ4v) is 4.96. The van der Waals surface area contributed by atoms with Crippen molar-refractivity contribution < 1.29 is 13.6 Å². The van der Waals surface area contributed by atoms with Gasteiger partial charge in [0.2, 0.25) is 0 Å². The summed E-state index contributed by atoms with van der Waals surface area (Å²) in [6.45, 7) is 9.55. The molecule has 0 radical (unpaired) electrons. The van der Waals surface area contributed by atoms with E-state index in [2.05, 4.69) is 23.6 Å². The summed E-state index contributed by atoms with van der Waals surface area (Å²) in [6, 6.07) is 7.82. The second-order valence-electron chi connectivity index (χ2n) is 7.83. The Labute approximate surface area is 185 Å². The summed E-state index contributed by atoms with van der Waals surface area (Å²) in [5.74, 6) is 3.55. The zero-order valence-electron chi connectivity index (χ0n) is 17.8. The average molecular weight is 439 g/mol. The molecule has 7 nitrogen and oxygen atoms in total. The van der Waals surface area contributed by atoms with Crippen LogP contribution >= 0.6 is 11.3 Å². The maximum atomic E-state index is 5.67. The number of anilines is 1. The second-order valence-corrected chi connectivity index (χ2v) is 9.03. The summed E-state index contributed by atoms with van der Waals surface area (Å²) < 4.78 is 16.8. The van der Waals surface area contributed by atoms with E-state index in [1.807, 2.05) is 24.3 Å². The third-order valence-corrected chi connectivity index (χ3v) is 6.78. The van der Waals surface area contributed by atoms with E-state index in [-0.39, 0.29) is 0 Å². The van der Waals surface area contributed by atoms with E-state index >= 15 is 0 Å². The smallest absolute Gasteiger partial charge is 0.146 e. The highest BCUT2D eigenvalue weighted by atomic mass is 32.1. The van der Waals surface area contributed by atoms with Gasteiger partial charge in [-0.05, 0) is 43.7 Å². The number of rotatable bonds is 7. The highest BCUT2D eigenvalue weighted by Crippen LogP contribution is 2.36. The van der Waals surface area contributed by atoms with Gasteiger partial charge in [-0.3, -0.25) is 4.90 Å². The fourth-order valence-electron chi connectivity index (χ4n) is 3.92. The van der Waals surface area contributed by atoms with E-state index in [1.165, 1.54) is 10.4 Å². The lowest BCUT2D eigenvalue weighted by molar-refractivity contribution is 0.0331. The Morgan fingerprint density at radius 3 is 2.29 bits per heavy atom. The van der Waals surface area contributed by atoms with Gasteiger partial charge in [0, 0.05) is 18.0 Å². The Balaban J connectivity index is 1.57. The van der Waals surface area contributed by atoms with Crippen LogP contribution < -0.4 is 4.90 Å². The quantitative estimate of drug-likeness (QED) is 0.420. The van der Waals surface area contributed by atoms with Crippen molar-refractivity contribution in [3.05, 3.63) is 64.6 Å². The third-order valence-electron chi connectivity index (χ3n) is 5.68. The molecule has 0 aromatic carbocycles. The molecule has 0 bridgehead atoms. The van der Waals surface area contributed by atoms with Crippen molar-refractivity contribution in [3.63, 3.8) is 0 Å². The molecule has 4 aromatic heterocycles. The number of ether oxygens (including phenoxy) is 1. The molecule has 0 unspecified atom stereocenters. The molecular weight excluding hydrogens is 412 g/mol. The number of thiophene rings is 1. The predicted octanol–water partition coefficient (Wildman–Crippen LogP) is 4.53. The topological polar surface area (TPSA) is 67.8 Å². The zero-order valence-corrected chi connectivity index (χ0v) is 18.7. The van der Waals surface area contributed by atoms with Crippen LogP contribution in [0.5, 0.6) is 0 Å². The van der Waals surface area contributed by atoms with Gasteiger partial charge in [-0.25, -0.2) is 9.97 Å². The molecule has 1 fully saturated rings. The number of aromatic nitrogens is 2. The molecular formula is C23H26N4O3S. The van der Waals surface area contributed by atoms with Crippen molar-refractivity contribution in [1.29, 1.82) is 0 Å². The van der Waals surface area contributed by atoms with Crippen LogP contribution in [0.4, 0.5) is 5.82 Å². The van der Waals surface area contributed by atoms with Crippen LogP contribution in [0.25, 0.3) is 10.2 Å². The summed E-state index contributed by atoms with van der Waals surface area (Å²) in [6.07, 6.45) is 3.42. The number of furan rings is 2. The van der Waals surface area contributed by atoms with Crippen molar-refractivity contribution in [1.82, 2.24) is 14.9 Å². The Morgan fingerprint density at radius 2 is 1.68 bits per heavy atom. The fraction of sp³-hybridized carbons (Fsp3) is 0.391. The number of nitrogens with zero attached hydrogens (tertiary/aromatic N) is 4. The molecule has 0 saturated carbocycles. The summed E-state index contributed by atoms with van der Waals surface area (Å²) in [5, 5.41) is 1.12. The van der Waals surface area contributed by atoms with Gasteiger partial charge >= 0.3 is 0 Å².